The van der Waals surface area contributed by atoms with E-state index >= 15 is 0 Å². The quantitative estimate of drug-likeness (QED) is 0.898. The lowest BCUT2D eigenvalue weighted by molar-refractivity contribution is 0.193. The van der Waals surface area contributed by atoms with E-state index in [1.54, 1.807) is 6.07 Å². The Morgan fingerprint density at radius 2 is 2.00 bits per heavy atom. The van der Waals surface area contributed by atoms with Crippen LogP contribution in [0, 0.1) is 11.2 Å². The van der Waals surface area contributed by atoms with Gasteiger partial charge in [-0.3, -0.25) is 4.90 Å². The second kappa shape index (κ2) is 6.61. The summed E-state index contributed by atoms with van der Waals surface area (Å²) in [6.07, 6.45) is 3.75. The Labute approximate surface area is 131 Å². The molecule has 1 spiro atoms. The fraction of sp³-hybridized carbons (Fsp3) is 0.600. The van der Waals surface area contributed by atoms with E-state index in [4.69, 9.17) is 11.6 Å². The number of likely N-dealkylation sites (tertiary alicyclic amines) is 1. The first-order valence-electron chi connectivity index (χ1n) is 7.05. The van der Waals surface area contributed by atoms with E-state index in [1.165, 1.54) is 19.3 Å². The van der Waals surface area contributed by atoms with Gasteiger partial charge >= 0.3 is 0 Å². The molecule has 2 aliphatic heterocycles. The number of nitrogens with one attached hydrogen (secondary N) is 1. The Morgan fingerprint density at radius 1 is 1.25 bits per heavy atom. The van der Waals surface area contributed by atoms with Gasteiger partial charge in [-0.1, -0.05) is 23.7 Å². The maximum atomic E-state index is 13.9. The molecule has 1 aromatic rings. The van der Waals surface area contributed by atoms with Gasteiger partial charge in [0.25, 0.3) is 0 Å². The lowest BCUT2D eigenvalue weighted by Gasteiger charge is -2.34. The summed E-state index contributed by atoms with van der Waals surface area (Å²) in [6, 6.07) is 5.28. The molecule has 0 unspecified atom stereocenters. The van der Waals surface area contributed by atoms with Gasteiger partial charge in [-0.25, -0.2) is 4.39 Å². The van der Waals surface area contributed by atoms with Gasteiger partial charge in [-0.05, 0) is 50.4 Å². The molecule has 2 aliphatic rings. The third kappa shape index (κ3) is 3.28. The first-order chi connectivity index (χ1) is 9.19. The van der Waals surface area contributed by atoms with Crippen LogP contribution in [0.15, 0.2) is 18.2 Å². The molecule has 2 fully saturated rings. The van der Waals surface area contributed by atoms with Crippen LogP contribution in [0.3, 0.4) is 0 Å². The average Bonchev–Trinajstić information content (AvgIpc) is 2.79. The highest BCUT2D eigenvalue weighted by molar-refractivity contribution is 6.30. The zero-order valence-corrected chi connectivity index (χ0v) is 13.1. The summed E-state index contributed by atoms with van der Waals surface area (Å²) in [5, 5.41) is 3.65. The van der Waals surface area contributed by atoms with Crippen LogP contribution in [0.4, 0.5) is 4.39 Å². The Morgan fingerprint density at radius 3 is 2.75 bits per heavy atom. The molecule has 1 aromatic carbocycles. The van der Waals surface area contributed by atoms with Crippen LogP contribution in [-0.2, 0) is 6.54 Å². The lowest BCUT2D eigenvalue weighted by Crippen LogP contribution is -2.38. The molecule has 0 saturated carbocycles. The molecule has 0 atom stereocenters. The summed E-state index contributed by atoms with van der Waals surface area (Å²) in [4.78, 5) is 2.38. The van der Waals surface area contributed by atoms with Crippen LogP contribution >= 0.6 is 24.0 Å². The maximum Gasteiger partial charge on any atom is 0.146 e. The molecule has 0 radical (unpaired) electrons. The Hall–Kier alpha value is -0.350. The minimum absolute atomic E-state index is 0. The monoisotopic (exact) mass is 318 g/mol. The third-order valence-corrected chi connectivity index (χ3v) is 4.90. The molecule has 112 valence electrons. The van der Waals surface area contributed by atoms with Crippen molar-refractivity contribution in [1.29, 1.82) is 0 Å². The van der Waals surface area contributed by atoms with Crippen LogP contribution in [0.1, 0.15) is 24.8 Å². The van der Waals surface area contributed by atoms with Gasteiger partial charge in [-0.2, -0.15) is 0 Å². The van der Waals surface area contributed by atoms with Crippen LogP contribution in [0.25, 0.3) is 0 Å². The average molecular weight is 319 g/mol. The maximum absolute atomic E-state index is 13.9. The van der Waals surface area contributed by atoms with Crippen molar-refractivity contribution < 1.29 is 4.39 Å². The Kier molecular flexibility index (Phi) is 5.30. The van der Waals surface area contributed by atoms with Crippen LogP contribution in [0.2, 0.25) is 5.02 Å². The van der Waals surface area contributed by atoms with Gasteiger partial charge in [0, 0.05) is 18.7 Å². The number of nitrogens with zero attached hydrogens (tertiary/aromatic N) is 1. The first-order valence-corrected chi connectivity index (χ1v) is 7.42. The molecule has 1 N–H and O–H groups in total. The van der Waals surface area contributed by atoms with Gasteiger partial charge in [-0.15, -0.1) is 12.4 Å². The topological polar surface area (TPSA) is 15.3 Å². The second-order valence-corrected chi connectivity index (χ2v) is 6.33. The van der Waals surface area contributed by atoms with Crippen molar-refractivity contribution in [2.75, 3.05) is 26.2 Å². The fourth-order valence-corrected chi connectivity index (χ4v) is 3.63. The summed E-state index contributed by atoms with van der Waals surface area (Å²) < 4.78 is 13.9. The molecule has 0 amide bonds. The molecule has 20 heavy (non-hydrogen) atoms. The Bertz CT molecular complexity index is 461. The van der Waals surface area contributed by atoms with Gasteiger partial charge in [0.15, 0.2) is 0 Å². The fourth-order valence-electron chi connectivity index (χ4n) is 3.44. The van der Waals surface area contributed by atoms with Gasteiger partial charge in [0.2, 0.25) is 0 Å². The molecule has 0 aromatic heterocycles. The van der Waals surface area contributed by atoms with Crippen LogP contribution in [0.5, 0.6) is 0 Å². The summed E-state index contributed by atoms with van der Waals surface area (Å²) in [5.41, 5.74) is 1.19. The zero-order valence-electron chi connectivity index (χ0n) is 11.5. The standard InChI is InChI=1S/C15H20ClFN2.ClH/c16-13-3-1-2-12(14(13)17)10-19-9-6-15(11-19)4-7-18-8-5-15;/h1-3,18H,4-11H2;1H. The summed E-state index contributed by atoms with van der Waals surface area (Å²) >= 11 is 5.84. The highest BCUT2D eigenvalue weighted by atomic mass is 35.5. The largest absolute Gasteiger partial charge is 0.317 e. The smallest absolute Gasteiger partial charge is 0.146 e. The summed E-state index contributed by atoms with van der Waals surface area (Å²) in [7, 11) is 0. The van der Waals surface area contributed by atoms with E-state index in [2.05, 4.69) is 10.2 Å². The SMILES string of the molecule is Cl.Fc1c(Cl)cccc1CN1CCC2(CCNCC2)C1. The number of halogens is 3. The minimum atomic E-state index is -0.254. The van der Waals surface area contributed by atoms with E-state index in [-0.39, 0.29) is 23.2 Å². The number of hydrogen-bond acceptors (Lipinski definition) is 2. The van der Waals surface area contributed by atoms with Crippen molar-refractivity contribution in [3.05, 3.63) is 34.6 Å². The number of benzene rings is 1. The highest BCUT2D eigenvalue weighted by Gasteiger charge is 2.38. The van der Waals surface area contributed by atoms with Gasteiger partial charge < -0.3 is 5.32 Å². The van der Waals surface area contributed by atoms with Crippen molar-refractivity contribution in [3.63, 3.8) is 0 Å². The number of piperidine rings is 1. The van der Waals surface area contributed by atoms with E-state index in [1.807, 2.05) is 12.1 Å². The molecule has 5 heteroatoms. The van der Waals surface area contributed by atoms with Crippen molar-refractivity contribution >= 4 is 24.0 Å². The highest BCUT2D eigenvalue weighted by Crippen LogP contribution is 2.39. The molecule has 3 rings (SSSR count). The Balaban J connectivity index is 0.00000147. The molecular weight excluding hydrogens is 298 g/mol. The molecule has 0 aliphatic carbocycles. The molecule has 2 saturated heterocycles. The second-order valence-electron chi connectivity index (χ2n) is 5.92. The molecule has 2 heterocycles. The zero-order chi connectivity index (χ0) is 13.3. The first kappa shape index (κ1) is 16.0. The van der Waals surface area contributed by atoms with Gasteiger partial charge in [0.1, 0.15) is 5.82 Å². The van der Waals surface area contributed by atoms with Crippen LogP contribution in [-0.4, -0.2) is 31.1 Å². The minimum Gasteiger partial charge on any atom is -0.317 e. The lowest BCUT2D eigenvalue weighted by atomic mass is 9.78. The van der Waals surface area contributed by atoms with Gasteiger partial charge in [0.05, 0.1) is 5.02 Å². The number of rotatable bonds is 2. The summed E-state index contributed by atoms with van der Waals surface area (Å²) in [6.45, 7) is 5.10. The molecule has 2 nitrogen and oxygen atoms in total. The van der Waals surface area contributed by atoms with E-state index in [0.29, 0.717) is 12.0 Å². The van der Waals surface area contributed by atoms with Crippen molar-refractivity contribution in [2.24, 2.45) is 5.41 Å². The predicted octanol–water partition coefficient (Wildman–Crippen LogP) is 3.48. The van der Waals surface area contributed by atoms with Crippen LogP contribution < -0.4 is 5.32 Å². The van der Waals surface area contributed by atoms with Crippen molar-refractivity contribution in [3.8, 4) is 0 Å². The van der Waals surface area contributed by atoms with E-state index < -0.39 is 0 Å². The van der Waals surface area contributed by atoms with Crippen molar-refractivity contribution in [1.82, 2.24) is 10.2 Å². The molecular formula is C15H21Cl2FN2. The third-order valence-electron chi connectivity index (χ3n) is 4.61. The van der Waals surface area contributed by atoms with Crippen molar-refractivity contribution in [2.45, 2.75) is 25.8 Å². The predicted molar refractivity (Wildman–Crippen MR) is 83.1 cm³/mol. The summed E-state index contributed by atoms with van der Waals surface area (Å²) in [5.74, 6) is -0.254. The van der Waals surface area contributed by atoms with E-state index in [0.717, 1.165) is 31.7 Å². The normalized spacial score (nSPS) is 21.9. The molecule has 0 bridgehead atoms. The number of hydrogen-bond donors (Lipinski definition) is 1. The van der Waals surface area contributed by atoms with E-state index in [9.17, 15) is 4.39 Å².